The van der Waals surface area contributed by atoms with Crippen LogP contribution in [0.2, 0.25) is 0 Å². The highest BCUT2D eigenvalue weighted by atomic mass is 16.5. The van der Waals surface area contributed by atoms with Crippen molar-refractivity contribution in [1.82, 2.24) is 0 Å². The van der Waals surface area contributed by atoms with E-state index in [9.17, 15) is 9.90 Å². The number of phenols is 1. The molecule has 6 nitrogen and oxygen atoms in total. The number of methoxy groups -OCH3 is 3. The molecule has 22 heavy (non-hydrogen) atoms. The average molecular weight is 302 g/mol. The fourth-order valence-electron chi connectivity index (χ4n) is 2.51. The average Bonchev–Trinajstić information content (AvgIpc) is 2.52. The van der Waals surface area contributed by atoms with Gasteiger partial charge in [0.05, 0.1) is 21.3 Å². The van der Waals surface area contributed by atoms with Gasteiger partial charge in [0.25, 0.3) is 0 Å². The first-order valence-corrected chi connectivity index (χ1v) is 6.49. The third kappa shape index (κ3) is 1.84. The summed E-state index contributed by atoms with van der Waals surface area (Å²) in [6.45, 7) is 0. The summed E-state index contributed by atoms with van der Waals surface area (Å²) in [5.41, 5.74) is 0.177. The lowest BCUT2D eigenvalue weighted by atomic mass is 10.1. The van der Waals surface area contributed by atoms with E-state index in [0.717, 1.165) is 0 Å². The number of aromatic hydroxyl groups is 1. The minimum atomic E-state index is -0.396. The minimum Gasteiger partial charge on any atom is -0.507 e. The Kier molecular flexibility index (Phi) is 3.29. The van der Waals surface area contributed by atoms with E-state index in [2.05, 4.69) is 0 Å². The molecule has 0 fully saturated rings. The van der Waals surface area contributed by atoms with Crippen LogP contribution in [-0.2, 0) is 0 Å². The Balaban J connectivity index is 2.59. The zero-order chi connectivity index (χ0) is 15.9. The van der Waals surface area contributed by atoms with Crippen LogP contribution in [0.25, 0.3) is 21.9 Å². The molecule has 0 aliphatic heterocycles. The predicted octanol–water partition coefficient (Wildman–Crippen LogP) is 2.68. The molecule has 0 atom stereocenters. The summed E-state index contributed by atoms with van der Waals surface area (Å²) in [6.07, 6.45) is 0. The highest BCUT2D eigenvalue weighted by Crippen LogP contribution is 2.43. The number of hydrogen-bond donors (Lipinski definition) is 1. The van der Waals surface area contributed by atoms with Crippen molar-refractivity contribution < 1.29 is 23.7 Å². The van der Waals surface area contributed by atoms with E-state index >= 15 is 0 Å². The molecule has 0 unspecified atom stereocenters. The van der Waals surface area contributed by atoms with Crippen LogP contribution in [0.4, 0.5) is 0 Å². The van der Waals surface area contributed by atoms with Gasteiger partial charge >= 0.3 is 0 Å². The van der Waals surface area contributed by atoms with Crippen molar-refractivity contribution in [1.29, 1.82) is 0 Å². The Labute approximate surface area is 125 Å². The van der Waals surface area contributed by atoms with Crippen molar-refractivity contribution in [2.24, 2.45) is 0 Å². The van der Waals surface area contributed by atoms with Crippen LogP contribution in [0.5, 0.6) is 23.0 Å². The quantitative estimate of drug-likeness (QED) is 0.749. The number of hydrogen-bond acceptors (Lipinski definition) is 6. The van der Waals surface area contributed by atoms with E-state index in [4.69, 9.17) is 18.6 Å². The largest absolute Gasteiger partial charge is 0.507 e. The third-order valence-corrected chi connectivity index (χ3v) is 3.47. The first-order chi connectivity index (χ1) is 10.6. The van der Waals surface area contributed by atoms with Crippen LogP contribution >= 0.6 is 0 Å². The van der Waals surface area contributed by atoms with Crippen molar-refractivity contribution >= 4 is 21.9 Å². The van der Waals surface area contributed by atoms with Gasteiger partial charge in [-0.25, -0.2) is 0 Å². The molecule has 3 rings (SSSR count). The third-order valence-electron chi connectivity index (χ3n) is 3.47. The number of ether oxygens (including phenoxy) is 3. The maximum atomic E-state index is 12.8. The van der Waals surface area contributed by atoms with Crippen LogP contribution in [0.1, 0.15) is 0 Å². The maximum Gasteiger partial charge on any atom is 0.208 e. The van der Waals surface area contributed by atoms with Crippen LogP contribution in [0, 0.1) is 0 Å². The highest BCUT2D eigenvalue weighted by Gasteiger charge is 2.22. The number of phenolic OH excluding ortho intramolecular Hbond substituents is 1. The SMILES string of the molecule is COc1cc2oc3cccc(O)c3c(=O)c2c(OC)c1OC. The number of fused-ring (bicyclic) bond motifs is 2. The molecule has 1 N–H and O–H groups in total. The van der Waals surface area contributed by atoms with Gasteiger partial charge < -0.3 is 23.7 Å². The molecule has 0 spiro atoms. The highest BCUT2D eigenvalue weighted by molar-refractivity contribution is 5.98. The van der Waals surface area contributed by atoms with Gasteiger partial charge in [-0.05, 0) is 12.1 Å². The second-order valence-electron chi connectivity index (χ2n) is 4.60. The van der Waals surface area contributed by atoms with Crippen molar-refractivity contribution in [3.05, 3.63) is 34.5 Å². The summed E-state index contributed by atoms with van der Waals surface area (Å²) < 4.78 is 21.5. The molecule has 0 aliphatic carbocycles. The number of rotatable bonds is 3. The molecule has 0 aliphatic rings. The zero-order valence-corrected chi connectivity index (χ0v) is 12.3. The van der Waals surface area contributed by atoms with Crippen LogP contribution < -0.4 is 19.6 Å². The Bertz CT molecular complexity index is 925. The molecule has 6 heteroatoms. The molecular weight excluding hydrogens is 288 g/mol. The van der Waals surface area contributed by atoms with Gasteiger partial charge in [0.1, 0.15) is 27.7 Å². The van der Waals surface area contributed by atoms with Gasteiger partial charge in [-0.15, -0.1) is 0 Å². The Morgan fingerprint density at radius 2 is 1.68 bits per heavy atom. The summed E-state index contributed by atoms with van der Waals surface area (Å²) in [7, 11) is 4.35. The lowest BCUT2D eigenvalue weighted by molar-refractivity contribution is 0.326. The second kappa shape index (κ2) is 5.14. The fourth-order valence-corrected chi connectivity index (χ4v) is 2.51. The summed E-state index contributed by atoms with van der Waals surface area (Å²) >= 11 is 0. The topological polar surface area (TPSA) is 78.1 Å². The van der Waals surface area contributed by atoms with E-state index in [1.54, 1.807) is 18.2 Å². The zero-order valence-electron chi connectivity index (χ0n) is 12.3. The van der Waals surface area contributed by atoms with Gasteiger partial charge in [-0.1, -0.05) is 6.07 Å². The van der Waals surface area contributed by atoms with E-state index < -0.39 is 5.43 Å². The van der Waals surface area contributed by atoms with Gasteiger partial charge in [0, 0.05) is 6.07 Å². The summed E-state index contributed by atoms with van der Waals surface area (Å²) in [6, 6.07) is 6.20. The first kappa shape index (κ1) is 14.1. The second-order valence-corrected chi connectivity index (χ2v) is 4.60. The van der Waals surface area contributed by atoms with Gasteiger partial charge in [0.15, 0.2) is 11.5 Å². The summed E-state index contributed by atoms with van der Waals surface area (Å²) in [4.78, 5) is 12.8. The molecule has 0 bridgehead atoms. The molecule has 114 valence electrons. The van der Waals surface area contributed by atoms with E-state index in [1.165, 1.54) is 27.4 Å². The molecule has 3 aromatic rings. The van der Waals surface area contributed by atoms with Crippen molar-refractivity contribution in [2.45, 2.75) is 0 Å². The Morgan fingerprint density at radius 3 is 2.32 bits per heavy atom. The lowest BCUT2D eigenvalue weighted by Crippen LogP contribution is -2.06. The van der Waals surface area contributed by atoms with Crippen molar-refractivity contribution in [3.8, 4) is 23.0 Å². The Morgan fingerprint density at radius 1 is 0.955 bits per heavy atom. The summed E-state index contributed by atoms with van der Waals surface area (Å²) in [5, 5.41) is 10.2. The Hall–Kier alpha value is -2.89. The normalized spacial score (nSPS) is 10.9. The monoisotopic (exact) mass is 302 g/mol. The maximum absolute atomic E-state index is 12.8. The smallest absolute Gasteiger partial charge is 0.208 e. The molecule has 0 saturated carbocycles. The molecular formula is C16H14O6. The van der Waals surface area contributed by atoms with E-state index in [0.29, 0.717) is 11.5 Å². The van der Waals surface area contributed by atoms with Crippen LogP contribution in [-0.4, -0.2) is 26.4 Å². The molecule has 1 heterocycles. The standard InChI is InChI=1S/C16H14O6/c1-19-11-7-10-13(16(21-3)15(11)20-2)14(18)12-8(17)5-4-6-9(12)22-10/h4-7,17H,1-3H3. The van der Waals surface area contributed by atoms with E-state index in [1.807, 2.05) is 0 Å². The van der Waals surface area contributed by atoms with Crippen molar-refractivity contribution in [2.75, 3.05) is 21.3 Å². The minimum absolute atomic E-state index is 0.0977. The van der Waals surface area contributed by atoms with Gasteiger partial charge in [-0.3, -0.25) is 4.79 Å². The van der Waals surface area contributed by atoms with Crippen molar-refractivity contribution in [3.63, 3.8) is 0 Å². The molecule has 0 amide bonds. The van der Waals surface area contributed by atoms with Crippen LogP contribution in [0.15, 0.2) is 33.5 Å². The fraction of sp³-hybridized carbons (Fsp3) is 0.188. The molecule has 1 aromatic heterocycles. The molecule has 0 radical (unpaired) electrons. The summed E-state index contributed by atoms with van der Waals surface area (Å²) in [5.74, 6) is 0.731. The van der Waals surface area contributed by atoms with Gasteiger partial charge in [0.2, 0.25) is 11.2 Å². The number of benzene rings is 2. The van der Waals surface area contributed by atoms with E-state index in [-0.39, 0.29) is 33.4 Å². The molecule has 2 aromatic carbocycles. The van der Waals surface area contributed by atoms with Crippen LogP contribution in [0.3, 0.4) is 0 Å². The lowest BCUT2D eigenvalue weighted by Gasteiger charge is -2.14. The predicted molar refractivity (Wildman–Crippen MR) is 81.3 cm³/mol. The first-order valence-electron chi connectivity index (χ1n) is 6.49. The molecule has 0 saturated heterocycles. The van der Waals surface area contributed by atoms with Gasteiger partial charge in [-0.2, -0.15) is 0 Å².